The van der Waals surface area contributed by atoms with E-state index in [2.05, 4.69) is 0 Å². The molecule has 1 amide bonds. The number of cyclic esters (lactones) is 1. The summed E-state index contributed by atoms with van der Waals surface area (Å²) in [6, 6.07) is 6.16. The lowest BCUT2D eigenvalue weighted by Crippen LogP contribution is -2.40. The molecule has 1 aliphatic rings. The average Bonchev–Trinajstić information content (AvgIpc) is 2.71. The monoisotopic (exact) mass is 269 g/mol. The number of benzene rings is 1. The minimum atomic E-state index is -1.16. The van der Waals surface area contributed by atoms with E-state index in [1.165, 1.54) is 0 Å². The molecule has 1 aromatic carbocycles. The van der Waals surface area contributed by atoms with Crippen LogP contribution in [0, 0.1) is 0 Å². The van der Waals surface area contributed by atoms with E-state index in [-0.39, 0.29) is 12.6 Å². The molecular weight excluding hydrogens is 258 g/mol. The molecule has 2 unspecified atom stereocenters. The fraction of sp³-hybridized carbons (Fsp3) is 0.333. The van der Waals surface area contributed by atoms with Gasteiger partial charge in [0.25, 0.3) is 0 Å². The second-order valence-electron chi connectivity index (χ2n) is 4.13. The van der Waals surface area contributed by atoms with E-state index in [1.807, 2.05) is 0 Å². The summed E-state index contributed by atoms with van der Waals surface area (Å²) in [4.78, 5) is 23.6. The molecular formula is C12H12ClNO4. The zero-order valence-electron chi connectivity index (χ0n) is 9.67. The van der Waals surface area contributed by atoms with Crippen molar-refractivity contribution < 1.29 is 19.4 Å². The van der Waals surface area contributed by atoms with Gasteiger partial charge in [-0.25, -0.2) is 9.59 Å². The van der Waals surface area contributed by atoms with Crippen molar-refractivity contribution in [1.29, 1.82) is 0 Å². The van der Waals surface area contributed by atoms with Crippen LogP contribution in [0.4, 0.5) is 4.79 Å². The Bertz CT molecular complexity index is 473. The van der Waals surface area contributed by atoms with Gasteiger partial charge in [0.05, 0.1) is 0 Å². The first-order valence-corrected chi connectivity index (χ1v) is 5.80. The van der Waals surface area contributed by atoms with Crippen LogP contribution in [0.1, 0.15) is 18.4 Å². The summed E-state index contributed by atoms with van der Waals surface area (Å²) in [6.07, 6.45) is -1.16. The Hall–Kier alpha value is -1.75. The summed E-state index contributed by atoms with van der Waals surface area (Å²) in [7, 11) is 0. The van der Waals surface area contributed by atoms with E-state index >= 15 is 0 Å². The van der Waals surface area contributed by atoms with Gasteiger partial charge >= 0.3 is 12.1 Å². The average molecular weight is 270 g/mol. The van der Waals surface area contributed by atoms with Crippen molar-refractivity contribution in [2.75, 3.05) is 6.73 Å². The number of halogens is 1. The van der Waals surface area contributed by atoms with Gasteiger partial charge in [0.15, 0.2) is 6.73 Å². The van der Waals surface area contributed by atoms with Gasteiger partial charge in [0, 0.05) is 10.9 Å². The zero-order chi connectivity index (χ0) is 13.3. The second kappa shape index (κ2) is 4.86. The third-order valence-corrected chi connectivity index (χ3v) is 3.29. The molecule has 18 heavy (non-hydrogen) atoms. The molecule has 0 aliphatic carbocycles. The normalized spacial score (nSPS) is 20.7. The fourth-order valence-electron chi connectivity index (χ4n) is 2.02. The van der Waals surface area contributed by atoms with Crippen LogP contribution in [0.2, 0.25) is 5.02 Å². The highest BCUT2D eigenvalue weighted by atomic mass is 35.5. The molecule has 1 heterocycles. The predicted octanol–water partition coefficient (Wildman–Crippen LogP) is 2.31. The summed E-state index contributed by atoms with van der Waals surface area (Å²) in [5.74, 6) is -0.798. The summed E-state index contributed by atoms with van der Waals surface area (Å²) >= 11 is 5.79. The van der Waals surface area contributed by atoms with E-state index in [9.17, 15) is 9.59 Å². The number of esters is 1. The number of carboxylic acid groups (broad SMARTS) is 1. The molecule has 2 atom stereocenters. The minimum Gasteiger partial charge on any atom is -0.465 e. The standard InChI is InChI=1S/C12H12ClNO4/c1-7(8-2-4-9(13)5-3-8)10-11(15)18-6-14(10)12(16)17/h2-5,7,10H,6H2,1H3,(H,16,17). The molecule has 0 radical (unpaired) electrons. The third kappa shape index (κ3) is 2.26. The van der Waals surface area contributed by atoms with Gasteiger partial charge in [-0.15, -0.1) is 0 Å². The van der Waals surface area contributed by atoms with E-state index < -0.39 is 18.1 Å². The Labute approximate surface area is 109 Å². The molecule has 1 saturated heterocycles. The lowest BCUT2D eigenvalue weighted by Gasteiger charge is -2.23. The van der Waals surface area contributed by atoms with Crippen LogP contribution < -0.4 is 0 Å². The Kier molecular flexibility index (Phi) is 3.43. The van der Waals surface area contributed by atoms with Crippen molar-refractivity contribution in [2.45, 2.75) is 18.9 Å². The lowest BCUT2D eigenvalue weighted by molar-refractivity contribution is -0.139. The Balaban J connectivity index is 2.26. The fourth-order valence-corrected chi connectivity index (χ4v) is 2.15. The van der Waals surface area contributed by atoms with Gasteiger partial charge < -0.3 is 9.84 Å². The number of hydrogen-bond donors (Lipinski definition) is 1. The van der Waals surface area contributed by atoms with Crippen LogP contribution in [-0.2, 0) is 9.53 Å². The van der Waals surface area contributed by atoms with Gasteiger partial charge in [0.2, 0.25) is 0 Å². The zero-order valence-corrected chi connectivity index (χ0v) is 10.4. The van der Waals surface area contributed by atoms with E-state index in [4.69, 9.17) is 21.4 Å². The maximum Gasteiger partial charge on any atom is 0.410 e. The highest BCUT2D eigenvalue weighted by Crippen LogP contribution is 2.28. The van der Waals surface area contributed by atoms with Gasteiger partial charge in [-0.3, -0.25) is 4.90 Å². The molecule has 1 aromatic rings. The maximum absolute atomic E-state index is 11.6. The van der Waals surface area contributed by atoms with Crippen molar-refractivity contribution in [2.24, 2.45) is 0 Å². The summed E-state index contributed by atoms with van der Waals surface area (Å²) in [5.41, 5.74) is 0.842. The van der Waals surface area contributed by atoms with Crippen LogP contribution in [0.3, 0.4) is 0 Å². The van der Waals surface area contributed by atoms with Crippen molar-refractivity contribution in [3.63, 3.8) is 0 Å². The van der Waals surface area contributed by atoms with Crippen molar-refractivity contribution in [3.05, 3.63) is 34.9 Å². The topological polar surface area (TPSA) is 66.8 Å². The van der Waals surface area contributed by atoms with Crippen molar-refractivity contribution in [3.8, 4) is 0 Å². The molecule has 96 valence electrons. The van der Waals surface area contributed by atoms with Crippen LogP contribution in [0.25, 0.3) is 0 Å². The molecule has 1 N–H and O–H groups in total. The van der Waals surface area contributed by atoms with Crippen molar-refractivity contribution in [1.82, 2.24) is 4.90 Å². The molecule has 0 spiro atoms. The quantitative estimate of drug-likeness (QED) is 0.837. The third-order valence-electron chi connectivity index (χ3n) is 3.04. The highest BCUT2D eigenvalue weighted by molar-refractivity contribution is 6.30. The highest BCUT2D eigenvalue weighted by Gasteiger charge is 2.41. The van der Waals surface area contributed by atoms with Crippen molar-refractivity contribution >= 4 is 23.7 Å². The van der Waals surface area contributed by atoms with Gasteiger partial charge in [0.1, 0.15) is 6.04 Å². The number of carbonyl (C=O) groups excluding carboxylic acids is 1. The summed E-state index contributed by atoms with van der Waals surface area (Å²) in [6.45, 7) is 1.58. The minimum absolute atomic E-state index is 0.212. The Morgan fingerprint density at radius 1 is 1.50 bits per heavy atom. The number of ether oxygens (including phenoxy) is 1. The molecule has 2 rings (SSSR count). The predicted molar refractivity (Wildman–Crippen MR) is 64.5 cm³/mol. The smallest absolute Gasteiger partial charge is 0.410 e. The Morgan fingerprint density at radius 2 is 2.11 bits per heavy atom. The van der Waals surface area contributed by atoms with Gasteiger partial charge in [-0.1, -0.05) is 30.7 Å². The molecule has 1 aliphatic heterocycles. The number of amides is 1. The molecule has 6 heteroatoms. The molecule has 0 bridgehead atoms. The molecule has 0 saturated carbocycles. The first kappa shape index (κ1) is 12.7. The van der Waals surface area contributed by atoms with Crippen LogP contribution in [0.5, 0.6) is 0 Å². The SMILES string of the molecule is CC(c1ccc(Cl)cc1)C1C(=O)OCN1C(=O)O. The van der Waals surface area contributed by atoms with E-state index in [0.29, 0.717) is 5.02 Å². The second-order valence-corrected chi connectivity index (χ2v) is 4.57. The first-order valence-electron chi connectivity index (χ1n) is 5.42. The van der Waals surface area contributed by atoms with Crippen LogP contribution >= 0.6 is 11.6 Å². The number of nitrogens with zero attached hydrogens (tertiary/aromatic N) is 1. The first-order chi connectivity index (χ1) is 8.50. The molecule has 5 nitrogen and oxygen atoms in total. The number of carbonyl (C=O) groups is 2. The molecule has 1 fully saturated rings. The lowest BCUT2D eigenvalue weighted by atomic mass is 9.93. The Morgan fingerprint density at radius 3 is 2.67 bits per heavy atom. The number of hydrogen-bond acceptors (Lipinski definition) is 3. The maximum atomic E-state index is 11.6. The summed E-state index contributed by atoms with van der Waals surface area (Å²) < 4.78 is 4.79. The van der Waals surface area contributed by atoms with E-state index in [1.54, 1.807) is 31.2 Å². The van der Waals surface area contributed by atoms with E-state index in [0.717, 1.165) is 10.5 Å². The summed E-state index contributed by atoms with van der Waals surface area (Å²) in [5, 5.41) is 9.61. The van der Waals surface area contributed by atoms with Gasteiger partial charge in [-0.05, 0) is 17.7 Å². The number of rotatable bonds is 2. The van der Waals surface area contributed by atoms with Gasteiger partial charge in [-0.2, -0.15) is 0 Å². The molecule has 0 aromatic heterocycles. The van der Waals surface area contributed by atoms with Crippen LogP contribution in [0.15, 0.2) is 24.3 Å². The van der Waals surface area contributed by atoms with Crippen LogP contribution in [-0.4, -0.2) is 34.8 Å². The largest absolute Gasteiger partial charge is 0.465 e.